The number of fused-ring (bicyclic) bond motifs is 1. The lowest BCUT2D eigenvalue weighted by Gasteiger charge is -2.24. The lowest BCUT2D eigenvalue weighted by Crippen LogP contribution is -2.25. The van der Waals surface area contributed by atoms with E-state index in [-0.39, 0.29) is 5.69 Å². The molecule has 3 aromatic rings. The summed E-state index contributed by atoms with van der Waals surface area (Å²) in [5, 5.41) is 11.5. The summed E-state index contributed by atoms with van der Waals surface area (Å²) in [5.74, 6) is 0.579. The minimum absolute atomic E-state index is 0.0464. The zero-order valence-electron chi connectivity index (χ0n) is 12.1. The second kappa shape index (κ2) is 5.38. The van der Waals surface area contributed by atoms with Crippen LogP contribution in [0.2, 0.25) is 0 Å². The number of nitro benzene ring substituents is 1. The van der Waals surface area contributed by atoms with Crippen molar-refractivity contribution in [1.29, 1.82) is 0 Å². The highest BCUT2D eigenvalue weighted by molar-refractivity contribution is 7.18. The van der Waals surface area contributed by atoms with E-state index >= 15 is 0 Å². The lowest BCUT2D eigenvalue weighted by molar-refractivity contribution is -0.384. The normalized spacial score (nSPS) is 11.5. The lowest BCUT2D eigenvalue weighted by atomic mass is 10.1. The van der Waals surface area contributed by atoms with Crippen molar-refractivity contribution in [1.82, 2.24) is 4.98 Å². The van der Waals surface area contributed by atoms with Gasteiger partial charge in [-0.3, -0.25) is 10.1 Å². The molecule has 0 saturated heterocycles. The minimum atomic E-state index is -0.611. The van der Waals surface area contributed by atoms with Crippen molar-refractivity contribution in [3.63, 3.8) is 0 Å². The van der Waals surface area contributed by atoms with Gasteiger partial charge in [0.2, 0.25) is 0 Å². The molecule has 112 valence electrons. The third-order valence-corrected chi connectivity index (χ3v) is 4.57. The molecule has 0 saturated carbocycles. The molecule has 22 heavy (non-hydrogen) atoms. The van der Waals surface area contributed by atoms with Gasteiger partial charge in [0.15, 0.2) is 5.60 Å². The van der Waals surface area contributed by atoms with Gasteiger partial charge in [-0.1, -0.05) is 12.1 Å². The Labute approximate surface area is 131 Å². The topological polar surface area (TPSA) is 65.3 Å². The van der Waals surface area contributed by atoms with Gasteiger partial charge in [0.25, 0.3) is 5.69 Å². The molecule has 0 aliphatic heterocycles. The standard InChI is InChI=1S/C16H14N2O3S/c1-16(2,15-17-13-5-3-4-6-14(13)22-15)21-12-9-7-11(8-10-12)18(19)20/h3-10H,1-2H3. The van der Waals surface area contributed by atoms with Crippen molar-refractivity contribution < 1.29 is 9.66 Å². The van der Waals surface area contributed by atoms with Gasteiger partial charge in [-0.2, -0.15) is 0 Å². The van der Waals surface area contributed by atoms with Crippen LogP contribution in [0.3, 0.4) is 0 Å². The molecule has 0 spiro atoms. The fourth-order valence-corrected chi connectivity index (χ4v) is 3.11. The monoisotopic (exact) mass is 314 g/mol. The molecule has 0 fully saturated rings. The molecular weight excluding hydrogens is 300 g/mol. The van der Waals surface area contributed by atoms with Crippen LogP contribution in [0.4, 0.5) is 5.69 Å². The highest BCUT2D eigenvalue weighted by Crippen LogP contribution is 2.33. The molecule has 2 aromatic carbocycles. The molecule has 0 N–H and O–H groups in total. The van der Waals surface area contributed by atoms with Crippen molar-refractivity contribution >= 4 is 27.2 Å². The van der Waals surface area contributed by atoms with E-state index in [9.17, 15) is 10.1 Å². The Balaban J connectivity index is 1.87. The molecule has 6 heteroatoms. The van der Waals surface area contributed by atoms with Crippen LogP contribution in [0.1, 0.15) is 18.9 Å². The molecule has 5 nitrogen and oxygen atoms in total. The molecular formula is C16H14N2O3S. The number of hydrogen-bond acceptors (Lipinski definition) is 5. The fraction of sp³-hybridized carbons (Fsp3) is 0.188. The molecule has 0 aliphatic carbocycles. The third kappa shape index (κ3) is 2.78. The molecule has 0 unspecified atom stereocenters. The van der Waals surface area contributed by atoms with Crippen molar-refractivity contribution in [2.75, 3.05) is 0 Å². The van der Waals surface area contributed by atoms with E-state index in [0.29, 0.717) is 5.75 Å². The van der Waals surface area contributed by atoms with E-state index in [1.54, 1.807) is 23.5 Å². The summed E-state index contributed by atoms with van der Waals surface area (Å²) in [4.78, 5) is 14.9. The summed E-state index contributed by atoms with van der Waals surface area (Å²) in [5.41, 5.74) is 0.382. The average Bonchev–Trinajstić information content (AvgIpc) is 2.92. The molecule has 1 heterocycles. The Morgan fingerprint density at radius 3 is 2.45 bits per heavy atom. The Hall–Kier alpha value is -2.47. The Morgan fingerprint density at radius 2 is 1.82 bits per heavy atom. The van der Waals surface area contributed by atoms with Gasteiger partial charge in [-0.15, -0.1) is 11.3 Å². The van der Waals surface area contributed by atoms with Crippen molar-refractivity contribution in [2.24, 2.45) is 0 Å². The summed E-state index contributed by atoms with van der Waals surface area (Å²) < 4.78 is 7.09. The average molecular weight is 314 g/mol. The molecule has 0 radical (unpaired) electrons. The molecule has 1 aromatic heterocycles. The molecule has 0 atom stereocenters. The summed E-state index contributed by atoms with van der Waals surface area (Å²) in [6.45, 7) is 3.87. The number of rotatable bonds is 4. The highest BCUT2D eigenvalue weighted by atomic mass is 32.1. The van der Waals surface area contributed by atoms with Crippen LogP contribution in [-0.4, -0.2) is 9.91 Å². The first kappa shape index (κ1) is 14.5. The zero-order valence-corrected chi connectivity index (χ0v) is 13.0. The number of non-ortho nitro benzene ring substituents is 1. The Morgan fingerprint density at radius 1 is 1.14 bits per heavy atom. The van der Waals surface area contributed by atoms with Crippen LogP contribution < -0.4 is 4.74 Å². The summed E-state index contributed by atoms with van der Waals surface area (Å²) in [6, 6.07) is 14.0. The van der Waals surface area contributed by atoms with Crippen molar-refractivity contribution in [3.8, 4) is 5.75 Å². The predicted molar refractivity (Wildman–Crippen MR) is 86.4 cm³/mol. The van der Waals surface area contributed by atoms with Crippen LogP contribution in [0.25, 0.3) is 10.2 Å². The van der Waals surface area contributed by atoms with Gasteiger partial charge in [-0.25, -0.2) is 4.98 Å². The van der Waals surface area contributed by atoms with E-state index in [4.69, 9.17) is 4.74 Å². The number of aromatic nitrogens is 1. The largest absolute Gasteiger partial charge is 0.481 e. The first-order valence-corrected chi connectivity index (χ1v) is 7.57. The smallest absolute Gasteiger partial charge is 0.269 e. The van der Waals surface area contributed by atoms with E-state index < -0.39 is 10.5 Å². The highest BCUT2D eigenvalue weighted by Gasteiger charge is 2.27. The van der Waals surface area contributed by atoms with E-state index in [1.165, 1.54) is 12.1 Å². The Bertz CT molecular complexity index is 792. The SMILES string of the molecule is CC(C)(Oc1ccc([N+](=O)[O-])cc1)c1nc2ccccc2s1. The summed E-state index contributed by atoms with van der Waals surface area (Å²) >= 11 is 1.59. The van der Waals surface area contributed by atoms with Gasteiger partial charge < -0.3 is 4.74 Å². The fourth-order valence-electron chi connectivity index (χ4n) is 2.10. The summed E-state index contributed by atoms with van der Waals surface area (Å²) in [7, 11) is 0. The molecule has 0 amide bonds. The van der Waals surface area contributed by atoms with Crippen LogP contribution in [0.5, 0.6) is 5.75 Å². The van der Waals surface area contributed by atoms with Crippen LogP contribution in [0.15, 0.2) is 48.5 Å². The number of nitrogens with zero attached hydrogens (tertiary/aromatic N) is 2. The summed E-state index contributed by atoms with van der Waals surface area (Å²) in [6.07, 6.45) is 0. The first-order chi connectivity index (χ1) is 10.5. The Kier molecular flexibility index (Phi) is 3.54. The van der Waals surface area contributed by atoms with Crippen LogP contribution >= 0.6 is 11.3 Å². The molecule has 0 aliphatic rings. The van der Waals surface area contributed by atoms with Crippen molar-refractivity contribution in [2.45, 2.75) is 19.4 Å². The van der Waals surface area contributed by atoms with Gasteiger partial charge >= 0.3 is 0 Å². The van der Waals surface area contributed by atoms with E-state index in [2.05, 4.69) is 4.98 Å². The number of nitro groups is 1. The number of hydrogen-bond donors (Lipinski definition) is 0. The molecule has 0 bridgehead atoms. The van der Waals surface area contributed by atoms with Gasteiger partial charge in [-0.05, 0) is 38.1 Å². The predicted octanol–water partition coefficient (Wildman–Crippen LogP) is 4.52. The maximum Gasteiger partial charge on any atom is 0.269 e. The van der Waals surface area contributed by atoms with Crippen LogP contribution in [0, 0.1) is 10.1 Å². The third-order valence-electron chi connectivity index (χ3n) is 3.23. The number of para-hydroxylation sites is 1. The van der Waals surface area contributed by atoms with Gasteiger partial charge in [0.1, 0.15) is 10.8 Å². The van der Waals surface area contributed by atoms with E-state index in [0.717, 1.165) is 15.2 Å². The first-order valence-electron chi connectivity index (χ1n) is 6.75. The minimum Gasteiger partial charge on any atom is -0.481 e. The number of thiazole rings is 1. The second-order valence-electron chi connectivity index (χ2n) is 5.35. The van der Waals surface area contributed by atoms with Gasteiger partial charge in [0.05, 0.1) is 15.1 Å². The number of ether oxygens (including phenoxy) is 1. The van der Waals surface area contributed by atoms with E-state index in [1.807, 2.05) is 38.1 Å². The maximum absolute atomic E-state index is 10.7. The van der Waals surface area contributed by atoms with Crippen molar-refractivity contribution in [3.05, 3.63) is 63.7 Å². The quantitative estimate of drug-likeness (QED) is 0.524. The second-order valence-corrected chi connectivity index (χ2v) is 6.38. The zero-order chi connectivity index (χ0) is 15.7. The van der Waals surface area contributed by atoms with Gasteiger partial charge in [0, 0.05) is 12.1 Å². The number of benzene rings is 2. The molecule has 3 rings (SSSR count). The van der Waals surface area contributed by atoms with Crippen LogP contribution in [-0.2, 0) is 5.60 Å². The maximum atomic E-state index is 10.7.